The number of ketones is 1. The molecule has 0 radical (unpaired) electrons. The van der Waals surface area contributed by atoms with Gasteiger partial charge in [-0.25, -0.2) is 0 Å². The maximum absolute atomic E-state index is 12.2. The Labute approximate surface area is 143 Å². The van der Waals surface area contributed by atoms with Crippen molar-refractivity contribution in [3.63, 3.8) is 0 Å². The lowest BCUT2D eigenvalue weighted by Crippen LogP contribution is -1.99. The van der Waals surface area contributed by atoms with Gasteiger partial charge in [-0.2, -0.15) is 0 Å². The first-order valence-corrected chi connectivity index (χ1v) is 8.08. The molecule has 0 amide bonds. The van der Waals surface area contributed by atoms with Crippen molar-refractivity contribution in [3.05, 3.63) is 66.4 Å². The van der Waals surface area contributed by atoms with E-state index in [0.717, 1.165) is 30.0 Å². The van der Waals surface area contributed by atoms with E-state index in [4.69, 9.17) is 9.47 Å². The standard InChI is InChI=1S/C20H23NO3/c1-3-4-15-24-17-11-9-16(10-12-17)19(22)13-14-21-18-7-5-6-8-20(18)23-2/h5-14,21H,3-4,15H2,1-2H3/b14-13+. The molecule has 4 nitrogen and oxygen atoms in total. The quantitative estimate of drug-likeness (QED) is 0.413. The van der Waals surface area contributed by atoms with Gasteiger partial charge in [-0.15, -0.1) is 0 Å². The van der Waals surface area contributed by atoms with E-state index in [2.05, 4.69) is 12.2 Å². The Kier molecular flexibility index (Phi) is 6.90. The highest BCUT2D eigenvalue weighted by Crippen LogP contribution is 2.22. The molecule has 0 atom stereocenters. The Balaban J connectivity index is 1.91. The summed E-state index contributed by atoms with van der Waals surface area (Å²) in [5.74, 6) is 1.44. The van der Waals surface area contributed by atoms with Crippen LogP contribution < -0.4 is 14.8 Å². The molecule has 0 saturated heterocycles. The fraction of sp³-hybridized carbons (Fsp3) is 0.250. The predicted octanol–water partition coefficient (Wildman–Crippen LogP) is 4.68. The van der Waals surface area contributed by atoms with Crippen LogP contribution in [-0.2, 0) is 0 Å². The van der Waals surface area contributed by atoms with Crippen LogP contribution in [-0.4, -0.2) is 19.5 Å². The Bertz CT molecular complexity index is 678. The number of hydrogen-bond donors (Lipinski definition) is 1. The number of para-hydroxylation sites is 2. The minimum atomic E-state index is -0.0718. The van der Waals surface area contributed by atoms with Gasteiger partial charge in [0.2, 0.25) is 0 Å². The third-order valence-electron chi connectivity index (χ3n) is 3.49. The number of hydrogen-bond acceptors (Lipinski definition) is 4. The van der Waals surface area contributed by atoms with Crippen LogP contribution in [0.15, 0.2) is 60.8 Å². The van der Waals surface area contributed by atoms with Gasteiger partial charge in [0.05, 0.1) is 19.4 Å². The molecule has 2 aromatic rings. The Hall–Kier alpha value is -2.75. The topological polar surface area (TPSA) is 47.6 Å². The molecule has 2 aromatic carbocycles. The minimum Gasteiger partial charge on any atom is -0.495 e. The molecule has 0 bridgehead atoms. The van der Waals surface area contributed by atoms with E-state index >= 15 is 0 Å². The molecular weight excluding hydrogens is 302 g/mol. The number of ether oxygens (including phenoxy) is 2. The summed E-state index contributed by atoms with van der Waals surface area (Å²) in [5, 5.41) is 3.06. The van der Waals surface area contributed by atoms with Crippen molar-refractivity contribution in [1.29, 1.82) is 0 Å². The second kappa shape index (κ2) is 9.40. The molecule has 24 heavy (non-hydrogen) atoms. The van der Waals surface area contributed by atoms with Crippen LogP contribution in [0, 0.1) is 0 Å². The largest absolute Gasteiger partial charge is 0.495 e. The number of methoxy groups -OCH3 is 1. The van der Waals surface area contributed by atoms with Crippen molar-refractivity contribution in [2.75, 3.05) is 19.0 Å². The summed E-state index contributed by atoms with van der Waals surface area (Å²) >= 11 is 0. The van der Waals surface area contributed by atoms with E-state index in [1.54, 1.807) is 25.4 Å². The highest BCUT2D eigenvalue weighted by molar-refractivity contribution is 6.04. The van der Waals surface area contributed by atoms with Gasteiger partial charge in [0.15, 0.2) is 5.78 Å². The van der Waals surface area contributed by atoms with E-state index in [9.17, 15) is 4.79 Å². The summed E-state index contributed by atoms with van der Waals surface area (Å²) in [6.07, 6.45) is 5.24. The van der Waals surface area contributed by atoms with Crippen LogP contribution >= 0.6 is 0 Å². The van der Waals surface area contributed by atoms with Crippen LogP contribution in [0.4, 0.5) is 5.69 Å². The average molecular weight is 325 g/mol. The molecule has 0 saturated carbocycles. The smallest absolute Gasteiger partial charge is 0.187 e. The molecule has 0 aliphatic rings. The van der Waals surface area contributed by atoms with Gasteiger partial charge in [-0.05, 0) is 42.8 Å². The van der Waals surface area contributed by atoms with Gasteiger partial charge in [0.1, 0.15) is 11.5 Å². The lowest BCUT2D eigenvalue weighted by atomic mass is 10.1. The summed E-state index contributed by atoms with van der Waals surface area (Å²) in [6, 6.07) is 14.7. The molecule has 4 heteroatoms. The minimum absolute atomic E-state index is 0.0718. The maximum atomic E-state index is 12.2. The molecule has 0 aliphatic heterocycles. The van der Waals surface area contributed by atoms with Crippen molar-refractivity contribution in [2.45, 2.75) is 19.8 Å². The Morgan fingerprint density at radius 3 is 2.58 bits per heavy atom. The first-order chi connectivity index (χ1) is 11.7. The number of rotatable bonds is 9. The molecule has 0 fully saturated rings. The second-order valence-corrected chi connectivity index (χ2v) is 5.27. The van der Waals surface area contributed by atoms with Crippen LogP contribution in [0.25, 0.3) is 0 Å². The number of nitrogens with one attached hydrogen (secondary N) is 1. The monoisotopic (exact) mass is 325 g/mol. The van der Waals surface area contributed by atoms with E-state index in [1.807, 2.05) is 36.4 Å². The molecule has 0 aromatic heterocycles. The van der Waals surface area contributed by atoms with Gasteiger partial charge >= 0.3 is 0 Å². The number of carbonyl (C=O) groups is 1. The zero-order valence-electron chi connectivity index (χ0n) is 14.1. The molecule has 126 valence electrons. The summed E-state index contributed by atoms with van der Waals surface area (Å²) in [4.78, 5) is 12.2. The number of benzene rings is 2. The van der Waals surface area contributed by atoms with Crippen molar-refractivity contribution in [2.24, 2.45) is 0 Å². The predicted molar refractivity (Wildman–Crippen MR) is 96.9 cm³/mol. The maximum Gasteiger partial charge on any atom is 0.187 e. The fourth-order valence-corrected chi connectivity index (χ4v) is 2.12. The number of unbranched alkanes of at least 4 members (excludes halogenated alkanes) is 1. The molecule has 2 rings (SSSR count). The summed E-state index contributed by atoms with van der Waals surface area (Å²) in [5.41, 5.74) is 1.43. The van der Waals surface area contributed by atoms with Gasteiger partial charge < -0.3 is 14.8 Å². The van der Waals surface area contributed by atoms with E-state index in [0.29, 0.717) is 12.2 Å². The lowest BCUT2D eigenvalue weighted by Gasteiger charge is -2.07. The number of allylic oxidation sites excluding steroid dienone is 1. The fourth-order valence-electron chi connectivity index (χ4n) is 2.12. The SMILES string of the molecule is CCCCOc1ccc(C(=O)/C=C/Nc2ccccc2OC)cc1. The van der Waals surface area contributed by atoms with Gasteiger partial charge in [-0.1, -0.05) is 25.5 Å². The van der Waals surface area contributed by atoms with Crippen molar-refractivity contribution < 1.29 is 14.3 Å². The molecule has 0 aliphatic carbocycles. The summed E-state index contributed by atoms with van der Waals surface area (Å²) in [7, 11) is 1.61. The molecule has 0 unspecified atom stereocenters. The van der Waals surface area contributed by atoms with Crippen molar-refractivity contribution in [1.82, 2.24) is 0 Å². The van der Waals surface area contributed by atoms with E-state index in [-0.39, 0.29) is 5.78 Å². The summed E-state index contributed by atoms with van der Waals surface area (Å²) in [6.45, 7) is 2.82. The van der Waals surface area contributed by atoms with Gasteiger partial charge in [0, 0.05) is 17.8 Å². The Morgan fingerprint density at radius 1 is 1.12 bits per heavy atom. The second-order valence-electron chi connectivity index (χ2n) is 5.27. The molecule has 0 spiro atoms. The third-order valence-corrected chi connectivity index (χ3v) is 3.49. The lowest BCUT2D eigenvalue weighted by molar-refractivity contribution is 0.104. The molecule has 0 heterocycles. The van der Waals surface area contributed by atoms with E-state index < -0.39 is 0 Å². The zero-order valence-corrected chi connectivity index (χ0v) is 14.1. The van der Waals surface area contributed by atoms with Crippen LogP contribution in [0.5, 0.6) is 11.5 Å². The summed E-state index contributed by atoms with van der Waals surface area (Å²) < 4.78 is 10.8. The van der Waals surface area contributed by atoms with E-state index in [1.165, 1.54) is 6.08 Å². The highest BCUT2D eigenvalue weighted by atomic mass is 16.5. The number of anilines is 1. The first-order valence-electron chi connectivity index (χ1n) is 8.08. The van der Waals surface area contributed by atoms with Crippen molar-refractivity contribution in [3.8, 4) is 11.5 Å². The van der Waals surface area contributed by atoms with Crippen LogP contribution in [0.2, 0.25) is 0 Å². The average Bonchev–Trinajstić information content (AvgIpc) is 2.63. The van der Waals surface area contributed by atoms with Crippen LogP contribution in [0.1, 0.15) is 30.1 Å². The van der Waals surface area contributed by atoms with Crippen molar-refractivity contribution >= 4 is 11.5 Å². The van der Waals surface area contributed by atoms with Crippen LogP contribution in [0.3, 0.4) is 0 Å². The Morgan fingerprint density at radius 2 is 1.88 bits per heavy atom. The number of carbonyl (C=O) groups excluding carboxylic acids is 1. The van der Waals surface area contributed by atoms with Gasteiger partial charge in [0.25, 0.3) is 0 Å². The highest BCUT2D eigenvalue weighted by Gasteiger charge is 2.03. The normalized spacial score (nSPS) is 10.6. The van der Waals surface area contributed by atoms with Gasteiger partial charge in [-0.3, -0.25) is 4.79 Å². The first kappa shape index (κ1) is 17.6. The molecule has 1 N–H and O–H groups in total. The molecular formula is C20H23NO3. The third kappa shape index (κ3) is 5.16. The zero-order chi connectivity index (χ0) is 17.2.